The van der Waals surface area contributed by atoms with Gasteiger partial charge in [0, 0.05) is 17.4 Å². The van der Waals surface area contributed by atoms with Crippen LogP contribution in [-0.2, 0) is 9.59 Å². The molecule has 1 aliphatic rings. The van der Waals surface area contributed by atoms with Gasteiger partial charge < -0.3 is 9.84 Å². The number of anilines is 1. The Labute approximate surface area is 180 Å². The molecule has 0 spiro atoms. The average Bonchev–Trinajstić information content (AvgIpc) is 3.04. The fraction of sp³-hybridized carbons (Fsp3) is 0.160. The molecule has 1 amide bonds. The quantitative estimate of drug-likeness (QED) is 0.390. The third-order valence-electron chi connectivity index (χ3n) is 5.39. The molecular formula is C25H22N2O4. The predicted octanol–water partition coefficient (Wildman–Crippen LogP) is 4.33. The first-order valence-corrected chi connectivity index (χ1v) is 9.86. The van der Waals surface area contributed by atoms with Gasteiger partial charge >= 0.3 is 0 Å². The topological polar surface area (TPSA) is 79.7 Å². The Bertz CT molecular complexity index is 1180. The summed E-state index contributed by atoms with van der Waals surface area (Å²) in [5.41, 5.74) is 3.43. The van der Waals surface area contributed by atoms with Crippen molar-refractivity contribution in [1.82, 2.24) is 4.98 Å². The molecule has 1 fully saturated rings. The summed E-state index contributed by atoms with van der Waals surface area (Å²) in [6, 6.07) is 16.8. The summed E-state index contributed by atoms with van der Waals surface area (Å²) in [6.45, 7) is 3.85. The number of pyridine rings is 1. The molecule has 0 saturated carbocycles. The number of aliphatic hydroxyl groups excluding tert-OH is 1. The van der Waals surface area contributed by atoms with Crippen molar-refractivity contribution in [3.05, 3.63) is 94.8 Å². The van der Waals surface area contributed by atoms with Crippen molar-refractivity contribution in [3.8, 4) is 5.75 Å². The summed E-state index contributed by atoms with van der Waals surface area (Å²) in [7, 11) is 1.55. The number of carbonyl (C=O) groups excluding carboxylic acids is 2. The second-order valence-corrected chi connectivity index (χ2v) is 7.44. The van der Waals surface area contributed by atoms with Gasteiger partial charge in [-0.15, -0.1) is 0 Å². The molecule has 1 aliphatic heterocycles. The minimum Gasteiger partial charge on any atom is -0.507 e. The lowest BCUT2D eigenvalue weighted by Crippen LogP contribution is -2.30. The number of hydrogen-bond donors (Lipinski definition) is 1. The average molecular weight is 414 g/mol. The van der Waals surface area contributed by atoms with Gasteiger partial charge in [0.25, 0.3) is 11.7 Å². The highest BCUT2D eigenvalue weighted by Crippen LogP contribution is 2.42. The molecule has 0 bridgehead atoms. The van der Waals surface area contributed by atoms with Gasteiger partial charge in [-0.25, -0.2) is 0 Å². The number of rotatable bonds is 4. The van der Waals surface area contributed by atoms with Crippen LogP contribution in [0.2, 0.25) is 0 Å². The monoisotopic (exact) mass is 414 g/mol. The fourth-order valence-corrected chi connectivity index (χ4v) is 3.88. The van der Waals surface area contributed by atoms with Crippen molar-refractivity contribution in [2.45, 2.75) is 19.9 Å². The molecule has 6 nitrogen and oxygen atoms in total. The van der Waals surface area contributed by atoms with Gasteiger partial charge in [0.15, 0.2) is 0 Å². The van der Waals surface area contributed by atoms with Crippen molar-refractivity contribution >= 4 is 23.1 Å². The van der Waals surface area contributed by atoms with Crippen LogP contribution in [0.4, 0.5) is 5.69 Å². The van der Waals surface area contributed by atoms with E-state index >= 15 is 0 Å². The number of hydrogen-bond acceptors (Lipinski definition) is 5. The molecule has 4 rings (SSSR count). The first-order valence-electron chi connectivity index (χ1n) is 9.86. The molecule has 156 valence electrons. The number of aliphatic hydroxyl groups is 1. The van der Waals surface area contributed by atoms with Crippen molar-refractivity contribution < 1.29 is 19.4 Å². The smallest absolute Gasteiger partial charge is 0.300 e. The van der Waals surface area contributed by atoms with Crippen molar-refractivity contribution in [1.29, 1.82) is 0 Å². The van der Waals surface area contributed by atoms with Gasteiger partial charge in [0.05, 0.1) is 18.4 Å². The number of methoxy groups -OCH3 is 1. The molecule has 2 aromatic carbocycles. The van der Waals surface area contributed by atoms with Crippen LogP contribution in [0, 0.1) is 13.8 Å². The van der Waals surface area contributed by atoms with E-state index in [1.54, 1.807) is 55.8 Å². The molecule has 1 N–H and O–H groups in total. The molecule has 1 atom stereocenters. The van der Waals surface area contributed by atoms with Crippen molar-refractivity contribution in [2.24, 2.45) is 0 Å². The standard InChI is InChI=1S/C25H22N2O4/c1-15-7-12-20(16(2)14-15)27-22(19-6-4-5-13-26-19)21(24(29)25(27)30)23(28)17-8-10-18(31-3)11-9-17/h4-14,22,28H,1-3H3/b23-21+. The summed E-state index contributed by atoms with van der Waals surface area (Å²) in [5, 5.41) is 11.1. The largest absolute Gasteiger partial charge is 0.507 e. The zero-order chi connectivity index (χ0) is 22.1. The molecule has 0 aliphatic carbocycles. The number of carbonyl (C=O) groups is 2. The highest BCUT2D eigenvalue weighted by atomic mass is 16.5. The van der Waals surface area contributed by atoms with Crippen LogP contribution in [0.3, 0.4) is 0 Å². The van der Waals surface area contributed by atoms with E-state index in [9.17, 15) is 14.7 Å². The molecule has 1 unspecified atom stereocenters. The van der Waals surface area contributed by atoms with Crippen LogP contribution < -0.4 is 9.64 Å². The number of benzene rings is 2. The minimum atomic E-state index is -0.843. The molecule has 6 heteroatoms. The van der Waals surface area contributed by atoms with E-state index < -0.39 is 17.7 Å². The number of ether oxygens (including phenoxy) is 1. The van der Waals surface area contributed by atoms with Gasteiger partial charge in [0.1, 0.15) is 17.6 Å². The first-order chi connectivity index (χ1) is 14.9. The maximum Gasteiger partial charge on any atom is 0.300 e. The molecule has 3 aromatic rings. The second-order valence-electron chi connectivity index (χ2n) is 7.44. The lowest BCUT2D eigenvalue weighted by Gasteiger charge is -2.26. The van der Waals surface area contributed by atoms with Gasteiger partial charge in [-0.2, -0.15) is 0 Å². The number of amides is 1. The molecule has 31 heavy (non-hydrogen) atoms. The van der Waals surface area contributed by atoms with E-state index in [4.69, 9.17) is 4.74 Å². The maximum atomic E-state index is 13.2. The Morgan fingerprint density at radius 3 is 2.39 bits per heavy atom. The Hall–Kier alpha value is -3.93. The summed E-state index contributed by atoms with van der Waals surface area (Å²) in [5.74, 6) is -1.07. The van der Waals surface area contributed by atoms with Crippen molar-refractivity contribution in [3.63, 3.8) is 0 Å². The van der Waals surface area contributed by atoms with Crippen LogP contribution in [0.1, 0.15) is 28.4 Å². The van der Waals surface area contributed by atoms with E-state index in [0.717, 1.165) is 11.1 Å². The summed E-state index contributed by atoms with van der Waals surface area (Å²) < 4.78 is 5.16. The highest BCUT2D eigenvalue weighted by Gasteiger charge is 2.47. The number of nitrogens with zero attached hydrogens (tertiary/aromatic N) is 2. The van der Waals surface area contributed by atoms with E-state index in [-0.39, 0.29) is 11.3 Å². The van der Waals surface area contributed by atoms with Crippen LogP contribution in [0.15, 0.2) is 72.4 Å². The van der Waals surface area contributed by atoms with E-state index in [2.05, 4.69) is 4.98 Å². The van der Waals surface area contributed by atoms with Crippen LogP contribution in [0.25, 0.3) is 5.76 Å². The Morgan fingerprint density at radius 2 is 1.77 bits per heavy atom. The highest BCUT2D eigenvalue weighted by molar-refractivity contribution is 6.51. The third kappa shape index (κ3) is 3.57. The Morgan fingerprint density at radius 1 is 1.03 bits per heavy atom. The van der Waals surface area contributed by atoms with Crippen LogP contribution in [-0.4, -0.2) is 28.9 Å². The summed E-state index contributed by atoms with van der Waals surface area (Å²) in [6.07, 6.45) is 1.60. The van der Waals surface area contributed by atoms with E-state index in [1.165, 1.54) is 4.90 Å². The molecule has 2 heterocycles. The Kier molecular flexibility index (Phi) is 5.29. The maximum absolute atomic E-state index is 13.2. The van der Waals surface area contributed by atoms with Crippen LogP contribution in [0.5, 0.6) is 5.75 Å². The molecular weight excluding hydrogens is 392 g/mol. The zero-order valence-corrected chi connectivity index (χ0v) is 17.5. The van der Waals surface area contributed by atoms with E-state index in [0.29, 0.717) is 22.7 Å². The lowest BCUT2D eigenvalue weighted by atomic mass is 9.97. The van der Waals surface area contributed by atoms with Gasteiger partial charge in [-0.3, -0.25) is 19.5 Å². The molecule has 0 radical (unpaired) electrons. The SMILES string of the molecule is COc1ccc(/C(O)=C2\C(=O)C(=O)N(c3ccc(C)cc3C)C2c2ccccn2)cc1. The van der Waals surface area contributed by atoms with Crippen LogP contribution >= 0.6 is 0 Å². The third-order valence-corrected chi connectivity index (χ3v) is 5.39. The fourth-order valence-electron chi connectivity index (χ4n) is 3.88. The van der Waals surface area contributed by atoms with E-state index in [1.807, 2.05) is 32.0 Å². The number of ketones is 1. The number of Topliss-reactive ketones (excluding diaryl/α,β-unsaturated/α-hetero) is 1. The normalized spacial score (nSPS) is 17.8. The second kappa shape index (κ2) is 8.07. The zero-order valence-electron chi connectivity index (χ0n) is 17.5. The van der Waals surface area contributed by atoms with Gasteiger partial charge in [0.2, 0.25) is 0 Å². The molecule has 1 saturated heterocycles. The minimum absolute atomic E-state index is 0.00819. The molecule has 1 aromatic heterocycles. The van der Waals surface area contributed by atoms with Gasteiger partial charge in [-0.05, 0) is 61.9 Å². The predicted molar refractivity (Wildman–Crippen MR) is 118 cm³/mol. The lowest BCUT2D eigenvalue weighted by molar-refractivity contribution is -0.132. The van der Waals surface area contributed by atoms with Crippen molar-refractivity contribution in [2.75, 3.05) is 12.0 Å². The first kappa shape index (κ1) is 20.3. The number of aryl methyl sites for hydroxylation is 2. The summed E-state index contributed by atoms with van der Waals surface area (Å²) in [4.78, 5) is 32.1. The summed E-state index contributed by atoms with van der Waals surface area (Å²) >= 11 is 0. The van der Waals surface area contributed by atoms with Gasteiger partial charge in [-0.1, -0.05) is 23.8 Å². The number of aromatic nitrogens is 1. The Balaban J connectivity index is 1.93.